The summed E-state index contributed by atoms with van der Waals surface area (Å²) in [4.78, 5) is 21.5. The molecule has 4 rings (SSSR count). The minimum Gasteiger partial charge on any atom is -0.298 e. The van der Waals surface area contributed by atoms with Crippen LogP contribution < -0.4 is 5.32 Å². The van der Waals surface area contributed by atoms with Crippen LogP contribution >= 0.6 is 11.3 Å². The van der Waals surface area contributed by atoms with E-state index in [1.165, 1.54) is 27.8 Å². The lowest BCUT2D eigenvalue weighted by molar-refractivity contribution is 0.102. The number of anilines is 1. The first-order valence-electron chi connectivity index (χ1n) is 10.2. The maximum absolute atomic E-state index is 13.1. The van der Waals surface area contributed by atoms with Crippen LogP contribution in [0.3, 0.4) is 0 Å². The van der Waals surface area contributed by atoms with E-state index >= 15 is 0 Å². The van der Waals surface area contributed by atoms with E-state index in [2.05, 4.69) is 15.3 Å². The van der Waals surface area contributed by atoms with Crippen LogP contribution in [0.2, 0.25) is 0 Å². The van der Waals surface area contributed by atoms with Gasteiger partial charge in [0.15, 0.2) is 5.13 Å². The van der Waals surface area contributed by atoms with Gasteiger partial charge in [0.25, 0.3) is 5.91 Å². The normalized spacial score (nSPS) is 15.2. The second kappa shape index (κ2) is 9.25. The second-order valence-electron chi connectivity index (χ2n) is 7.55. The van der Waals surface area contributed by atoms with Crippen LogP contribution in [0.25, 0.3) is 11.4 Å². The Kier molecular flexibility index (Phi) is 6.45. The third-order valence-corrected chi connectivity index (χ3v) is 8.18. The molecule has 0 bridgehead atoms. The maximum atomic E-state index is 13.1. The molecule has 1 fully saturated rings. The summed E-state index contributed by atoms with van der Waals surface area (Å²) in [7, 11) is -2.04. The van der Waals surface area contributed by atoms with Crippen LogP contribution in [0.15, 0.2) is 58.9 Å². The van der Waals surface area contributed by atoms with Crippen molar-refractivity contribution in [2.75, 3.05) is 12.4 Å². The molecule has 1 aliphatic rings. The zero-order valence-corrected chi connectivity index (χ0v) is 18.8. The molecule has 0 spiro atoms. The smallest absolute Gasteiger partial charge is 0.257 e. The van der Waals surface area contributed by atoms with Crippen molar-refractivity contribution in [3.05, 3.63) is 59.6 Å². The van der Waals surface area contributed by atoms with Crippen molar-refractivity contribution >= 4 is 32.4 Å². The van der Waals surface area contributed by atoms with Gasteiger partial charge in [0.2, 0.25) is 10.0 Å². The van der Waals surface area contributed by atoms with E-state index in [4.69, 9.17) is 0 Å². The van der Waals surface area contributed by atoms with Gasteiger partial charge in [-0.15, -0.1) is 11.3 Å². The number of nitrogens with zero attached hydrogens (tertiary/aromatic N) is 3. The molecule has 162 valence electrons. The van der Waals surface area contributed by atoms with Crippen LogP contribution in [0.1, 0.15) is 42.5 Å². The summed E-state index contributed by atoms with van der Waals surface area (Å²) in [6.45, 7) is 0. The zero-order chi connectivity index (χ0) is 21.8. The van der Waals surface area contributed by atoms with E-state index in [9.17, 15) is 13.2 Å². The Bertz CT molecular complexity index is 1160. The lowest BCUT2D eigenvalue weighted by Gasteiger charge is -2.30. The van der Waals surface area contributed by atoms with Gasteiger partial charge in [0, 0.05) is 30.2 Å². The standard InChI is InChI=1S/C22H24N4O3S2/c1-26(17-9-3-2-4-10-17)31(28,29)18-11-7-8-16(14-18)21(27)25-22-24-20(15-30-22)19-12-5-6-13-23-19/h5-8,11-15,17H,2-4,9-10H2,1H3,(H,24,25,27). The highest BCUT2D eigenvalue weighted by atomic mass is 32.2. The van der Waals surface area contributed by atoms with E-state index in [1.807, 2.05) is 23.6 Å². The monoisotopic (exact) mass is 456 g/mol. The Balaban J connectivity index is 1.50. The van der Waals surface area contributed by atoms with E-state index in [1.54, 1.807) is 25.4 Å². The molecule has 0 aliphatic heterocycles. The Morgan fingerprint density at radius 3 is 2.65 bits per heavy atom. The molecular formula is C22H24N4O3S2. The van der Waals surface area contributed by atoms with Gasteiger partial charge in [-0.1, -0.05) is 31.4 Å². The molecule has 3 aromatic rings. The minimum absolute atomic E-state index is 0.0107. The highest BCUT2D eigenvalue weighted by Crippen LogP contribution is 2.27. The van der Waals surface area contributed by atoms with E-state index in [0.717, 1.165) is 37.8 Å². The molecule has 31 heavy (non-hydrogen) atoms. The number of nitrogens with one attached hydrogen (secondary N) is 1. The molecule has 2 heterocycles. The van der Waals surface area contributed by atoms with Gasteiger partial charge >= 0.3 is 0 Å². The van der Waals surface area contributed by atoms with Crippen molar-refractivity contribution in [1.29, 1.82) is 0 Å². The number of amides is 1. The molecular weight excluding hydrogens is 432 g/mol. The highest BCUT2D eigenvalue weighted by molar-refractivity contribution is 7.89. The zero-order valence-electron chi connectivity index (χ0n) is 17.2. The molecule has 0 radical (unpaired) electrons. The van der Waals surface area contributed by atoms with Crippen molar-refractivity contribution in [1.82, 2.24) is 14.3 Å². The lowest BCUT2D eigenvalue weighted by atomic mass is 9.96. The molecule has 2 aromatic heterocycles. The van der Waals surface area contributed by atoms with Gasteiger partial charge < -0.3 is 0 Å². The average Bonchev–Trinajstić information content (AvgIpc) is 3.28. The summed E-state index contributed by atoms with van der Waals surface area (Å²) in [5, 5.41) is 5.00. The summed E-state index contributed by atoms with van der Waals surface area (Å²) in [5.74, 6) is -0.403. The summed E-state index contributed by atoms with van der Waals surface area (Å²) in [6.07, 6.45) is 6.67. The number of carbonyl (C=O) groups is 1. The third kappa shape index (κ3) is 4.84. The quantitative estimate of drug-likeness (QED) is 0.593. The predicted octanol–water partition coefficient (Wildman–Crippen LogP) is 4.41. The summed E-state index contributed by atoms with van der Waals surface area (Å²) < 4.78 is 27.7. The lowest BCUT2D eigenvalue weighted by Crippen LogP contribution is -2.38. The first kappa shape index (κ1) is 21.6. The van der Waals surface area contributed by atoms with Crippen LogP contribution in [0, 0.1) is 0 Å². The SMILES string of the molecule is CN(C1CCCCC1)S(=O)(=O)c1cccc(C(=O)Nc2nc(-c3ccccn3)cs2)c1. The van der Waals surface area contributed by atoms with E-state index in [-0.39, 0.29) is 16.5 Å². The fraction of sp³-hybridized carbons (Fsp3) is 0.318. The number of aromatic nitrogens is 2. The van der Waals surface area contributed by atoms with Crippen molar-refractivity contribution in [2.45, 2.75) is 43.0 Å². The Morgan fingerprint density at radius 1 is 1.10 bits per heavy atom. The van der Waals surface area contributed by atoms with Crippen LogP contribution in [0.4, 0.5) is 5.13 Å². The first-order valence-corrected chi connectivity index (χ1v) is 12.5. The number of hydrogen-bond donors (Lipinski definition) is 1. The molecule has 0 unspecified atom stereocenters. The number of sulfonamides is 1. The fourth-order valence-corrected chi connectivity index (χ4v) is 5.90. The number of carbonyl (C=O) groups excluding carboxylic acids is 1. The van der Waals surface area contributed by atoms with Gasteiger partial charge in [0.1, 0.15) is 5.69 Å². The fourth-order valence-electron chi connectivity index (χ4n) is 3.74. The van der Waals surface area contributed by atoms with Crippen LogP contribution in [-0.2, 0) is 10.0 Å². The topological polar surface area (TPSA) is 92.3 Å². The average molecular weight is 457 g/mol. The van der Waals surface area contributed by atoms with Crippen molar-refractivity contribution in [3.63, 3.8) is 0 Å². The second-order valence-corrected chi connectivity index (χ2v) is 10.4. The van der Waals surface area contributed by atoms with Crippen molar-refractivity contribution in [3.8, 4) is 11.4 Å². The number of pyridine rings is 1. The molecule has 1 amide bonds. The van der Waals surface area contributed by atoms with Gasteiger partial charge in [0.05, 0.1) is 10.6 Å². The van der Waals surface area contributed by atoms with Crippen molar-refractivity contribution in [2.24, 2.45) is 0 Å². The largest absolute Gasteiger partial charge is 0.298 e. The van der Waals surface area contributed by atoms with Gasteiger partial charge in [-0.25, -0.2) is 13.4 Å². The molecule has 9 heteroatoms. The minimum atomic E-state index is -3.67. The Hall–Kier alpha value is -2.62. The maximum Gasteiger partial charge on any atom is 0.257 e. The summed E-state index contributed by atoms with van der Waals surface area (Å²) in [6, 6.07) is 11.7. The van der Waals surface area contributed by atoms with Crippen LogP contribution in [-0.4, -0.2) is 41.7 Å². The number of hydrogen-bond acceptors (Lipinski definition) is 6. The van der Waals surface area contributed by atoms with Gasteiger partial charge in [-0.05, 0) is 43.2 Å². The highest BCUT2D eigenvalue weighted by Gasteiger charge is 2.29. The summed E-state index contributed by atoms with van der Waals surface area (Å²) in [5.41, 5.74) is 1.66. The van der Waals surface area contributed by atoms with Crippen molar-refractivity contribution < 1.29 is 13.2 Å². The molecule has 1 N–H and O–H groups in total. The first-order chi connectivity index (χ1) is 14.9. The molecule has 1 aliphatic carbocycles. The number of rotatable bonds is 6. The van der Waals surface area contributed by atoms with E-state index < -0.39 is 15.9 Å². The number of thiazole rings is 1. The summed E-state index contributed by atoms with van der Waals surface area (Å²) >= 11 is 1.29. The molecule has 0 saturated heterocycles. The molecule has 1 saturated carbocycles. The van der Waals surface area contributed by atoms with Gasteiger partial charge in [-0.2, -0.15) is 4.31 Å². The van der Waals surface area contributed by atoms with E-state index in [0.29, 0.717) is 10.8 Å². The molecule has 7 nitrogen and oxygen atoms in total. The molecule has 0 atom stereocenters. The van der Waals surface area contributed by atoms with Gasteiger partial charge in [-0.3, -0.25) is 15.1 Å². The molecule has 1 aromatic carbocycles. The predicted molar refractivity (Wildman–Crippen MR) is 122 cm³/mol. The van der Waals surface area contributed by atoms with Crippen LogP contribution in [0.5, 0.6) is 0 Å². The Morgan fingerprint density at radius 2 is 1.90 bits per heavy atom. The number of benzene rings is 1. The third-order valence-electron chi connectivity index (χ3n) is 5.51. The Labute approximate surface area is 186 Å².